The molecule has 3 heteroatoms. The van der Waals surface area contributed by atoms with Crippen molar-refractivity contribution in [3.05, 3.63) is 0 Å². The first kappa shape index (κ1) is 9.55. The summed E-state index contributed by atoms with van der Waals surface area (Å²) >= 11 is 5.95. The van der Waals surface area contributed by atoms with Gasteiger partial charge in [-0.15, -0.1) is 11.6 Å². The third kappa shape index (κ3) is 2.46. The fraction of sp³-hybridized carbons (Fsp3) is 1.00. The van der Waals surface area contributed by atoms with Crippen LogP contribution in [-0.4, -0.2) is 20.4 Å². The summed E-state index contributed by atoms with van der Waals surface area (Å²) in [5.41, 5.74) is 0.806. The van der Waals surface area contributed by atoms with Crippen molar-refractivity contribution in [2.75, 3.05) is 12.1 Å². The first-order chi connectivity index (χ1) is 5.33. The molecular formula is C8H17ClOSi. The summed E-state index contributed by atoms with van der Waals surface area (Å²) < 4.78 is 5.83. The van der Waals surface area contributed by atoms with Gasteiger partial charge in [0.15, 0.2) is 0 Å². The average Bonchev–Trinajstić information content (AvgIpc) is 2.07. The minimum absolute atomic E-state index is 0.806. The molecule has 0 saturated carbocycles. The van der Waals surface area contributed by atoms with Gasteiger partial charge in [-0.2, -0.15) is 0 Å². The zero-order valence-electron chi connectivity index (χ0n) is 7.24. The van der Waals surface area contributed by atoms with Crippen LogP contribution in [0, 0.1) is 0 Å². The highest BCUT2D eigenvalue weighted by Crippen LogP contribution is 2.30. The molecule has 0 aromatic rings. The minimum Gasteiger partial charge on any atom is -0.416 e. The summed E-state index contributed by atoms with van der Waals surface area (Å²) in [5.74, 6) is 0. The van der Waals surface area contributed by atoms with Gasteiger partial charge in [-0.1, -0.05) is 19.3 Å². The second-order valence-electron chi connectivity index (χ2n) is 3.31. The highest BCUT2D eigenvalue weighted by molar-refractivity contribution is 6.80. The van der Waals surface area contributed by atoms with Crippen molar-refractivity contribution in [3.63, 3.8) is 0 Å². The topological polar surface area (TPSA) is 9.23 Å². The lowest BCUT2D eigenvalue weighted by atomic mass is 10.3. The van der Waals surface area contributed by atoms with Crippen LogP contribution in [0.4, 0.5) is 0 Å². The van der Waals surface area contributed by atoms with Crippen molar-refractivity contribution in [2.24, 2.45) is 0 Å². The van der Waals surface area contributed by atoms with Crippen LogP contribution in [0.3, 0.4) is 0 Å². The molecule has 0 radical (unpaired) electrons. The van der Waals surface area contributed by atoms with E-state index in [1.165, 1.54) is 31.4 Å². The second kappa shape index (κ2) is 4.48. The van der Waals surface area contributed by atoms with Gasteiger partial charge in [0.25, 0.3) is 0 Å². The largest absolute Gasteiger partial charge is 0.416 e. The normalized spacial score (nSPS) is 23.5. The summed E-state index contributed by atoms with van der Waals surface area (Å²) in [6.07, 6.45) is 4.08. The van der Waals surface area contributed by atoms with Crippen LogP contribution < -0.4 is 0 Å². The van der Waals surface area contributed by atoms with E-state index in [0.717, 1.165) is 12.1 Å². The molecule has 1 nitrogen and oxygen atoms in total. The van der Waals surface area contributed by atoms with Gasteiger partial charge < -0.3 is 4.43 Å². The Hall–Kier alpha value is 0.467. The molecule has 0 aromatic carbocycles. The first-order valence-electron chi connectivity index (χ1n) is 4.53. The van der Waals surface area contributed by atoms with Gasteiger partial charge in [0.05, 0.1) is 0 Å². The highest BCUT2D eigenvalue weighted by Gasteiger charge is 2.35. The van der Waals surface area contributed by atoms with Gasteiger partial charge in [0, 0.05) is 12.1 Å². The van der Waals surface area contributed by atoms with E-state index < -0.39 is 8.32 Å². The molecule has 0 spiro atoms. The summed E-state index contributed by atoms with van der Waals surface area (Å²) in [4.78, 5) is 0. The smallest absolute Gasteiger partial charge is 0.207 e. The Bertz CT molecular complexity index is 107. The van der Waals surface area contributed by atoms with E-state index in [2.05, 4.69) is 6.92 Å². The number of hydrogen-bond acceptors (Lipinski definition) is 1. The Morgan fingerprint density at radius 1 is 1.27 bits per heavy atom. The van der Waals surface area contributed by atoms with Crippen molar-refractivity contribution in [1.82, 2.24) is 0 Å². The number of alkyl halides is 1. The molecule has 1 fully saturated rings. The Kier molecular flexibility index (Phi) is 3.89. The standard InChI is InChI=1S/C8H17ClOSi/c1-2-10-11(8-9)6-4-3-5-7-11/h2-8H2,1H3. The van der Waals surface area contributed by atoms with E-state index in [-0.39, 0.29) is 0 Å². The fourth-order valence-electron chi connectivity index (χ4n) is 1.82. The average molecular weight is 193 g/mol. The zero-order chi connectivity index (χ0) is 8.16. The maximum Gasteiger partial charge on any atom is 0.207 e. The maximum absolute atomic E-state index is 5.95. The summed E-state index contributed by atoms with van der Waals surface area (Å²) in [5, 5.41) is 0. The summed E-state index contributed by atoms with van der Waals surface area (Å²) in [6.45, 7) is 2.94. The second-order valence-corrected chi connectivity index (χ2v) is 8.03. The van der Waals surface area contributed by atoms with Gasteiger partial charge in [-0.05, 0) is 19.0 Å². The lowest BCUT2D eigenvalue weighted by molar-refractivity contribution is 0.314. The Morgan fingerprint density at radius 2 is 1.91 bits per heavy atom. The molecule has 1 rings (SSSR count). The van der Waals surface area contributed by atoms with Gasteiger partial charge >= 0.3 is 0 Å². The van der Waals surface area contributed by atoms with Gasteiger partial charge in [-0.25, -0.2) is 0 Å². The zero-order valence-corrected chi connectivity index (χ0v) is 8.99. The van der Waals surface area contributed by atoms with Crippen LogP contribution in [0.5, 0.6) is 0 Å². The Balaban J connectivity index is 2.42. The van der Waals surface area contributed by atoms with E-state index in [1.807, 2.05) is 0 Å². The predicted molar refractivity (Wildman–Crippen MR) is 51.6 cm³/mol. The van der Waals surface area contributed by atoms with Crippen molar-refractivity contribution in [3.8, 4) is 0 Å². The van der Waals surface area contributed by atoms with E-state index in [4.69, 9.17) is 16.0 Å². The minimum atomic E-state index is -1.39. The molecule has 1 saturated heterocycles. The van der Waals surface area contributed by atoms with Gasteiger partial charge in [0.2, 0.25) is 8.32 Å². The molecule has 0 atom stereocenters. The maximum atomic E-state index is 5.95. The number of hydrogen-bond donors (Lipinski definition) is 0. The summed E-state index contributed by atoms with van der Waals surface area (Å²) in [7, 11) is -1.39. The molecular weight excluding hydrogens is 176 g/mol. The molecule has 1 aliphatic rings. The van der Waals surface area contributed by atoms with Crippen LogP contribution in [0.2, 0.25) is 12.1 Å². The Morgan fingerprint density at radius 3 is 2.36 bits per heavy atom. The number of rotatable bonds is 3. The van der Waals surface area contributed by atoms with Crippen LogP contribution in [-0.2, 0) is 4.43 Å². The van der Waals surface area contributed by atoms with Crippen LogP contribution in [0.1, 0.15) is 26.2 Å². The SMILES string of the molecule is CCO[Si]1(CCl)CCCCC1. The molecule has 11 heavy (non-hydrogen) atoms. The quantitative estimate of drug-likeness (QED) is 0.494. The third-order valence-electron chi connectivity index (χ3n) is 2.46. The van der Waals surface area contributed by atoms with E-state index in [1.54, 1.807) is 0 Å². The summed E-state index contributed by atoms with van der Waals surface area (Å²) in [6, 6.07) is 2.59. The van der Waals surface area contributed by atoms with Crippen LogP contribution in [0.15, 0.2) is 0 Å². The molecule has 0 N–H and O–H groups in total. The fourth-order valence-corrected chi connectivity index (χ4v) is 6.14. The number of halogens is 1. The lowest BCUT2D eigenvalue weighted by Crippen LogP contribution is -2.42. The van der Waals surface area contributed by atoms with E-state index in [0.29, 0.717) is 0 Å². The van der Waals surface area contributed by atoms with Crippen LogP contribution in [0.25, 0.3) is 0 Å². The first-order valence-corrected chi connectivity index (χ1v) is 7.59. The van der Waals surface area contributed by atoms with Crippen molar-refractivity contribution in [2.45, 2.75) is 38.3 Å². The Labute approximate surface area is 75.2 Å². The van der Waals surface area contributed by atoms with Gasteiger partial charge in [-0.3, -0.25) is 0 Å². The van der Waals surface area contributed by atoms with Crippen molar-refractivity contribution >= 4 is 19.9 Å². The predicted octanol–water partition coefficient (Wildman–Crippen LogP) is 2.93. The molecule has 0 aromatic heterocycles. The van der Waals surface area contributed by atoms with E-state index in [9.17, 15) is 0 Å². The molecule has 66 valence electrons. The molecule has 0 bridgehead atoms. The molecule has 0 amide bonds. The molecule has 1 aliphatic heterocycles. The molecule has 0 aliphatic carbocycles. The highest BCUT2D eigenvalue weighted by atomic mass is 35.5. The van der Waals surface area contributed by atoms with E-state index >= 15 is 0 Å². The lowest BCUT2D eigenvalue weighted by Gasteiger charge is -2.32. The third-order valence-corrected chi connectivity index (χ3v) is 7.84. The van der Waals surface area contributed by atoms with Gasteiger partial charge in [0.1, 0.15) is 0 Å². The molecule has 0 unspecified atom stereocenters. The molecule has 1 heterocycles. The van der Waals surface area contributed by atoms with Crippen molar-refractivity contribution < 1.29 is 4.43 Å². The van der Waals surface area contributed by atoms with Crippen molar-refractivity contribution in [1.29, 1.82) is 0 Å². The monoisotopic (exact) mass is 192 g/mol. The van der Waals surface area contributed by atoms with Crippen LogP contribution >= 0.6 is 11.6 Å².